The molecule has 1 amide bonds. The molecule has 1 aliphatic heterocycles. The van der Waals surface area contributed by atoms with Gasteiger partial charge in [-0.1, -0.05) is 41.9 Å². The second-order valence-corrected chi connectivity index (χ2v) is 8.64. The summed E-state index contributed by atoms with van der Waals surface area (Å²) in [7, 11) is 0. The highest BCUT2D eigenvalue weighted by molar-refractivity contribution is 7.99. The van der Waals surface area contributed by atoms with Crippen molar-refractivity contribution in [3.05, 3.63) is 70.2 Å². The topological polar surface area (TPSA) is 122 Å². The summed E-state index contributed by atoms with van der Waals surface area (Å²) in [6.45, 7) is 0.585. The van der Waals surface area contributed by atoms with Gasteiger partial charge in [0.05, 0.1) is 17.5 Å². The van der Waals surface area contributed by atoms with Crippen molar-refractivity contribution in [3.63, 3.8) is 0 Å². The fourth-order valence-corrected chi connectivity index (χ4v) is 4.43. The van der Waals surface area contributed by atoms with E-state index < -0.39 is 24.2 Å². The third-order valence-electron chi connectivity index (χ3n) is 4.96. The zero-order valence-corrected chi connectivity index (χ0v) is 18.3. The molecule has 2 unspecified atom stereocenters. The monoisotopic (exact) mass is 458 g/mol. The van der Waals surface area contributed by atoms with E-state index in [4.69, 9.17) is 27.8 Å². The zero-order chi connectivity index (χ0) is 22.4. The number of carbonyl (C=O) groups excluding carboxylic acids is 2. The van der Waals surface area contributed by atoms with Crippen LogP contribution in [0.2, 0.25) is 5.02 Å². The molecule has 0 spiro atoms. The maximum Gasteiger partial charge on any atom is 0.323 e. The lowest BCUT2D eigenvalue weighted by molar-refractivity contribution is -0.154. The lowest BCUT2D eigenvalue weighted by atomic mass is 9.99. The molecule has 0 bridgehead atoms. The molecule has 3 rings (SSSR count). The Balaban J connectivity index is 1.81. The number of nitriles is 1. The second kappa shape index (κ2) is 10.6. The first-order valence-corrected chi connectivity index (χ1v) is 11.3. The normalized spacial score (nSPS) is 16.3. The van der Waals surface area contributed by atoms with E-state index in [0.29, 0.717) is 34.1 Å². The maximum atomic E-state index is 12.9. The maximum absolute atomic E-state index is 12.9. The fraction of sp³-hybridized carbons (Fsp3) is 0.318. The van der Waals surface area contributed by atoms with E-state index in [1.807, 2.05) is 6.07 Å². The quantitative estimate of drug-likeness (QED) is 0.610. The number of amides is 1. The van der Waals surface area contributed by atoms with E-state index in [1.165, 1.54) is 0 Å². The Hall–Kier alpha value is -2.57. The summed E-state index contributed by atoms with van der Waals surface area (Å²) in [5.41, 5.74) is 13.9. The Morgan fingerprint density at radius 1 is 1.23 bits per heavy atom. The molecule has 9 heteroatoms. The third kappa shape index (κ3) is 5.77. The molecule has 0 saturated carbocycles. The van der Waals surface area contributed by atoms with E-state index in [2.05, 4.69) is 0 Å². The first kappa shape index (κ1) is 23.1. The molecule has 1 aliphatic rings. The van der Waals surface area contributed by atoms with E-state index >= 15 is 0 Å². The molecule has 4 N–H and O–H groups in total. The van der Waals surface area contributed by atoms with Crippen LogP contribution in [0.15, 0.2) is 48.5 Å². The minimum Gasteiger partial charge on any atom is -0.454 e. The van der Waals surface area contributed by atoms with Gasteiger partial charge in [-0.25, -0.2) is 0 Å². The standard InChI is InChI=1S/C22H23ClN4O3S/c23-17-7-2-1-5-15(17)11-18(25)22(29)30-20(16-6-3-4-14(10-16)12-24)19(26)21(28)27-8-9-31-13-27/h1-7,10,18-20H,8-9,11,13,25-26H2/t18-,19?,20?/m0/s1. The van der Waals surface area contributed by atoms with Gasteiger partial charge in [0, 0.05) is 17.3 Å². The Bertz CT molecular complexity index is 991. The van der Waals surface area contributed by atoms with Crippen LogP contribution in [-0.2, 0) is 20.7 Å². The van der Waals surface area contributed by atoms with Gasteiger partial charge in [0.15, 0.2) is 6.10 Å². The highest BCUT2D eigenvalue weighted by Crippen LogP contribution is 2.26. The van der Waals surface area contributed by atoms with Crippen molar-refractivity contribution >= 4 is 35.2 Å². The molecular weight excluding hydrogens is 436 g/mol. The number of carbonyl (C=O) groups is 2. The highest BCUT2D eigenvalue weighted by Gasteiger charge is 2.35. The number of benzene rings is 2. The number of nitrogens with zero attached hydrogens (tertiary/aromatic N) is 2. The molecule has 162 valence electrons. The smallest absolute Gasteiger partial charge is 0.323 e. The molecule has 1 heterocycles. The Morgan fingerprint density at radius 3 is 2.68 bits per heavy atom. The number of hydrogen-bond donors (Lipinski definition) is 2. The van der Waals surface area contributed by atoms with Crippen molar-refractivity contribution in [1.29, 1.82) is 5.26 Å². The van der Waals surface area contributed by atoms with Gasteiger partial charge in [-0.15, -0.1) is 11.8 Å². The van der Waals surface area contributed by atoms with Gasteiger partial charge in [0.2, 0.25) is 5.91 Å². The predicted molar refractivity (Wildman–Crippen MR) is 120 cm³/mol. The summed E-state index contributed by atoms with van der Waals surface area (Å²) in [5, 5.41) is 9.73. The third-order valence-corrected chi connectivity index (χ3v) is 6.30. The Morgan fingerprint density at radius 2 is 2.00 bits per heavy atom. The van der Waals surface area contributed by atoms with E-state index in [-0.39, 0.29) is 12.3 Å². The molecule has 0 aliphatic carbocycles. The minimum atomic E-state index is -1.12. The van der Waals surface area contributed by atoms with Gasteiger partial charge in [-0.3, -0.25) is 9.59 Å². The van der Waals surface area contributed by atoms with Crippen LogP contribution in [-0.4, -0.2) is 47.0 Å². The number of thioether (sulfide) groups is 1. The number of halogens is 1. The predicted octanol–water partition coefficient (Wildman–Crippen LogP) is 2.23. The van der Waals surface area contributed by atoms with Crippen LogP contribution in [0.5, 0.6) is 0 Å². The first-order valence-electron chi connectivity index (χ1n) is 9.72. The van der Waals surface area contributed by atoms with Gasteiger partial charge in [-0.2, -0.15) is 5.26 Å². The summed E-state index contributed by atoms with van der Waals surface area (Å²) in [6.07, 6.45) is -0.897. The molecule has 2 aromatic carbocycles. The summed E-state index contributed by atoms with van der Waals surface area (Å²) < 4.78 is 5.66. The van der Waals surface area contributed by atoms with Gasteiger partial charge < -0.3 is 21.1 Å². The largest absolute Gasteiger partial charge is 0.454 e. The zero-order valence-electron chi connectivity index (χ0n) is 16.7. The van der Waals surface area contributed by atoms with Crippen molar-refractivity contribution in [2.75, 3.05) is 18.2 Å². The van der Waals surface area contributed by atoms with Crippen LogP contribution in [0.1, 0.15) is 22.8 Å². The van der Waals surface area contributed by atoms with Crippen LogP contribution >= 0.6 is 23.4 Å². The fourth-order valence-electron chi connectivity index (χ4n) is 3.26. The van der Waals surface area contributed by atoms with Crippen LogP contribution < -0.4 is 11.5 Å². The second-order valence-electron chi connectivity index (χ2n) is 7.16. The highest BCUT2D eigenvalue weighted by atomic mass is 35.5. The number of hydrogen-bond acceptors (Lipinski definition) is 7. The average Bonchev–Trinajstić information content (AvgIpc) is 3.32. The summed E-state index contributed by atoms with van der Waals surface area (Å²) in [5.74, 6) is 0.351. The van der Waals surface area contributed by atoms with Crippen molar-refractivity contribution < 1.29 is 14.3 Å². The Kier molecular flexibility index (Phi) is 7.93. The van der Waals surface area contributed by atoms with E-state index in [1.54, 1.807) is 65.2 Å². The molecule has 31 heavy (non-hydrogen) atoms. The van der Waals surface area contributed by atoms with Gasteiger partial charge in [-0.05, 0) is 35.7 Å². The van der Waals surface area contributed by atoms with Crippen molar-refractivity contribution in [3.8, 4) is 6.07 Å². The summed E-state index contributed by atoms with van der Waals surface area (Å²) >= 11 is 7.79. The molecule has 3 atom stereocenters. The van der Waals surface area contributed by atoms with Gasteiger partial charge >= 0.3 is 5.97 Å². The molecule has 1 saturated heterocycles. The summed E-state index contributed by atoms with van der Waals surface area (Å²) in [6, 6.07) is 13.5. The number of ether oxygens (including phenoxy) is 1. The lowest BCUT2D eigenvalue weighted by Crippen LogP contribution is -2.48. The minimum absolute atomic E-state index is 0.176. The van der Waals surface area contributed by atoms with Gasteiger partial charge in [0.25, 0.3) is 0 Å². The number of esters is 1. The molecule has 2 aromatic rings. The molecule has 7 nitrogen and oxygen atoms in total. The van der Waals surface area contributed by atoms with Crippen molar-refractivity contribution in [2.24, 2.45) is 11.5 Å². The molecule has 1 fully saturated rings. The number of rotatable bonds is 7. The van der Waals surface area contributed by atoms with Crippen LogP contribution in [0.3, 0.4) is 0 Å². The molecule has 0 radical (unpaired) electrons. The SMILES string of the molecule is N#Cc1cccc(C(OC(=O)[C@@H](N)Cc2ccccc2Cl)C(N)C(=O)N2CCSC2)c1. The van der Waals surface area contributed by atoms with E-state index in [0.717, 1.165) is 5.75 Å². The van der Waals surface area contributed by atoms with Crippen molar-refractivity contribution in [1.82, 2.24) is 4.90 Å². The Labute approximate surface area is 190 Å². The van der Waals surface area contributed by atoms with Crippen molar-refractivity contribution in [2.45, 2.75) is 24.6 Å². The molecular formula is C22H23ClN4O3S. The van der Waals surface area contributed by atoms with Crippen LogP contribution in [0, 0.1) is 11.3 Å². The first-order chi connectivity index (χ1) is 14.9. The molecule has 0 aromatic heterocycles. The van der Waals surface area contributed by atoms with Gasteiger partial charge in [0.1, 0.15) is 12.1 Å². The van der Waals surface area contributed by atoms with E-state index in [9.17, 15) is 14.9 Å². The average molecular weight is 459 g/mol. The van der Waals surface area contributed by atoms with Crippen LogP contribution in [0.25, 0.3) is 0 Å². The summed E-state index contributed by atoms with van der Waals surface area (Å²) in [4.78, 5) is 27.3. The van der Waals surface area contributed by atoms with Crippen LogP contribution in [0.4, 0.5) is 0 Å². The lowest BCUT2D eigenvalue weighted by Gasteiger charge is -2.28. The number of nitrogens with two attached hydrogens (primary N) is 2.